The minimum absolute atomic E-state index is 0.0411. The standard InChI is InChI=1S/C47H58N10O17P2/c48-37-13-16-56(47(64)55-37)39-22-34(74-76(67,68)71-23-35-33(59)21-38(72-35)57-26-54-40-43(49)52-25-53-44(40)57)36(73-39)24-70-75(65,66)69-18-8-4-2-6-15-51-46(63)28-10-12-30-32(20-28)42(61)31-19-27(9-11-29(31)41(30)60)45(62)50-14-5-1-3-7-17-58/h9-13,16,19-20,25-26,33-36,38-39,58-59H,1-8,14-15,17-18,21-24H2,(H,50,62)(H,51,63)(H,65,66)(H,67,68)(H2,48,55,64)(H2,49,52,53)/t33-,34?,35+,36+,38+,39+/m0/s1. The molecule has 5 heterocycles. The number of anilines is 2. The van der Waals surface area contributed by atoms with E-state index >= 15 is 0 Å². The first-order chi connectivity index (χ1) is 36.4. The molecule has 3 aromatic heterocycles. The molecule has 408 valence electrons. The summed E-state index contributed by atoms with van der Waals surface area (Å²) >= 11 is 0. The molecule has 2 aromatic carbocycles. The number of nitrogen functional groups attached to an aromatic ring is 2. The number of unbranched alkanes of at least 4 members (excludes halogenated alkanes) is 6. The number of amides is 2. The zero-order valence-electron chi connectivity index (χ0n) is 40.9. The number of hydrogen-bond acceptors (Lipinski definition) is 21. The third-order valence-corrected chi connectivity index (χ3v) is 14.8. The zero-order chi connectivity index (χ0) is 54.1. The number of ketones is 2. The number of benzene rings is 2. The van der Waals surface area contributed by atoms with Gasteiger partial charge in [-0.1, -0.05) is 25.7 Å². The Hall–Kier alpha value is -6.19. The van der Waals surface area contributed by atoms with E-state index in [0.29, 0.717) is 49.8 Å². The summed E-state index contributed by atoms with van der Waals surface area (Å²) in [7, 11) is -9.75. The van der Waals surface area contributed by atoms with Gasteiger partial charge in [-0.25, -0.2) is 28.9 Å². The van der Waals surface area contributed by atoms with Crippen molar-refractivity contribution in [2.45, 2.75) is 101 Å². The van der Waals surface area contributed by atoms with Crippen molar-refractivity contribution < 1.29 is 75.9 Å². The summed E-state index contributed by atoms with van der Waals surface area (Å²) < 4.78 is 61.8. The molecule has 3 unspecified atom stereocenters. The van der Waals surface area contributed by atoms with Crippen molar-refractivity contribution in [3.8, 4) is 0 Å². The SMILES string of the molecule is Nc1ccn([C@H]2CC(OP(=O)(O)OC[C@H]3O[C@@H](n4cnc5c(N)ncnc54)C[C@@H]3O)[C@@H](COP(=O)(O)OCCCCCCNC(=O)c3ccc4c(c3)C(=O)c3cc(C(=O)NCCCCCCO)ccc3C4=O)O2)c(=O)n1. The smallest absolute Gasteiger partial charge is 0.396 e. The van der Waals surface area contributed by atoms with E-state index < -0.39 is 94.8 Å². The van der Waals surface area contributed by atoms with E-state index in [1.807, 2.05) is 0 Å². The van der Waals surface area contributed by atoms with Gasteiger partial charge in [-0.3, -0.25) is 46.4 Å². The minimum atomic E-state index is -5.00. The molecule has 2 amide bonds. The number of aliphatic hydroxyl groups excluding tert-OH is 2. The molecule has 10 N–H and O–H groups in total. The molecule has 3 aliphatic rings. The van der Waals surface area contributed by atoms with Crippen LogP contribution < -0.4 is 27.8 Å². The van der Waals surface area contributed by atoms with Gasteiger partial charge in [0.15, 0.2) is 23.0 Å². The topological polar surface area (TPSA) is 393 Å². The van der Waals surface area contributed by atoms with E-state index in [2.05, 4.69) is 30.6 Å². The molecular formula is C47H58N10O17P2. The van der Waals surface area contributed by atoms with Gasteiger partial charge in [-0.05, 0) is 68.1 Å². The van der Waals surface area contributed by atoms with Crippen molar-refractivity contribution in [2.24, 2.45) is 0 Å². The molecule has 0 saturated carbocycles. The Balaban J connectivity index is 0.769. The molecule has 5 aromatic rings. The van der Waals surface area contributed by atoms with Crippen molar-refractivity contribution >= 4 is 61.8 Å². The molecule has 2 aliphatic heterocycles. The van der Waals surface area contributed by atoms with E-state index in [1.54, 1.807) is 0 Å². The Morgan fingerprint density at radius 2 is 1.30 bits per heavy atom. The number of nitrogens with one attached hydrogen (secondary N) is 2. The number of nitrogens with zero attached hydrogens (tertiary/aromatic N) is 6. The average molecular weight is 1100 g/mol. The largest absolute Gasteiger partial charge is 0.472 e. The highest BCUT2D eigenvalue weighted by molar-refractivity contribution is 7.47. The molecule has 8 atom stereocenters. The molecule has 2 fully saturated rings. The van der Waals surface area contributed by atoms with E-state index in [0.717, 1.165) is 23.8 Å². The van der Waals surface area contributed by atoms with Gasteiger partial charge in [0.2, 0.25) is 0 Å². The second-order valence-corrected chi connectivity index (χ2v) is 21.0. The number of aromatic nitrogens is 6. The van der Waals surface area contributed by atoms with Gasteiger partial charge in [0.25, 0.3) is 11.8 Å². The maximum Gasteiger partial charge on any atom is 0.472 e. The Morgan fingerprint density at radius 1 is 0.711 bits per heavy atom. The average Bonchev–Trinajstić information content (AvgIpc) is 4.14. The quantitative estimate of drug-likeness (QED) is 0.0286. The van der Waals surface area contributed by atoms with Crippen molar-refractivity contribution in [1.82, 2.24) is 39.7 Å². The Labute approximate surface area is 433 Å². The highest BCUT2D eigenvalue weighted by Gasteiger charge is 2.45. The van der Waals surface area contributed by atoms with E-state index in [9.17, 15) is 48.0 Å². The number of carbonyl (C=O) groups excluding carboxylic acids is 4. The van der Waals surface area contributed by atoms with Crippen LogP contribution in [0.1, 0.15) is 129 Å². The molecular weight excluding hydrogens is 1040 g/mol. The number of imidazole rings is 1. The number of fused-ring (bicyclic) bond motifs is 3. The van der Waals surface area contributed by atoms with Gasteiger partial charge in [0.05, 0.1) is 32.3 Å². The lowest BCUT2D eigenvalue weighted by molar-refractivity contribution is -0.0565. The van der Waals surface area contributed by atoms with Gasteiger partial charge in [-0.15, -0.1) is 0 Å². The van der Waals surface area contributed by atoms with Gasteiger partial charge < -0.3 is 51.6 Å². The van der Waals surface area contributed by atoms with Crippen LogP contribution in [0.3, 0.4) is 0 Å². The monoisotopic (exact) mass is 1100 g/mol. The predicted molar refractivity (Wildman–Crippen MR) is 267 cm³/mol. The van der Waals surface area contributed by atoms with Crippen molar-refractivity contribution in [2.75, 3.05) is 51.0 Å². The lowest BCUT2D eigenvalue weighted by atomic mass is 9.82. The first kappa shape index (κ1) is 56.0. The number of phosphoric ester groups is 2. The summed E-state index contributed by atoms with van der Waals surface area (Å²) in [6, 6.07) is 9.90. The van der Waals surface area contributed by atoms with Crippen LogP contribution in [0.2, 0.25) is 0 Å². The molecule has 0 spiro atoms. The second-order valence-electron chi connectivity index (χ2n) is 18.2. The molecule has 8 rings (SSSR count). The first-order valence-electron chi connectivity index (χ1n) is 24.5. The molecule has 0 radical (unpaired) electrons. The van der Waals surface area contributed by atoms with E-state index in [1.165, 1.54) is 65.9 Å². The van der Waals surface area contributed by atoms with Gasteiger partial charge >= 0.3 is 21.3 Å². The van der Waals surface area contributed by atoms with Crippen LogP contribution in [0, 0.1) is 0 Å². The lowest BCUT2D eigenvalue weighted by Crippen LogP contribution is -2.30. The van der Waals surface area contributed by atoms with Crippen LogP contribution in [-0.4, -0.2) is 136 Å². The van der Waals surface area contributed by atoms with Crippen LogP contribution in [-0.2, 0) is 36.7 Å². The van der Waals surface area contributed by atoms with Crippen LogP contribution in [0.15, 0.2) is 66.1 Å². The third-order valence-electron chi connectivity index (χ3n) is 12.8. The number of carbonyl (C=O) groups is 4. The zero-order valence-corrected chi connectivity index (χ0v) is 42.7. The number of ether oxygens (including phenoxy) is 2. The maximum atomic E-state index is 13.6. The van der Waals surface area contributed by atoms with E-state index in [4.69, 9.17) is 44.1 Å². The van der Waals surface area contributed by atoms with Gasteiger partial charge in [0, 0.05) is 72.1 Å². The van der Waals surface area contributed by atoms with Crippen molar-refractivity contribution in [3.05, 3.63) is 105 Å². The number of rotatable bonds is 26. The Morgan fingerprint density at radius 3 is 1.96 bits per heavy atom. The summed E-state index contributed by atoms with van der Waals surface area (Å²) in [4.78, 5) is 103. The summed E-state index contributed by atoms with van der Waals surface area (Å²) in [6.45, 7) is -0.749. The molecule has 0 bridgehead atoms. The minimum Gasteiger partial charge on any atom is -0.396 e. The summed E-state index contributed by atoms with van der Waals surface area (Å²) in [6.07, 6.45) is 1.83. The summed E-state index contributed by atoms with van der Waals surface area (Å²) in [5, 5.41) is 25.3. The molecule has 1 aliphatic carbocycles. The number of phosphoric acid groups is 2. The maximum absolute atomic E-state index is 13.6. The Bertz CT molecular complexity index is 3100. The molecule has 29 heteroatoms. The first-order valence-corrected chi connectivity index (χ1v) is 27.5. The van der Waals surface area contributed by atoms with Crippen LogP contribution in [0.4, 0.5) is 11.6 Å². The normalized spacial score (nSPS) is 21.7. The number of nitrogens with two attached hydrogens (primary N) is 2. The number of aliphatic hydroxyl groups is 2. The fraction of sp³-hybridized carbons (Fsp3) is 0.468. The van der Waals surface area contributed by atoms with Gasteiger partial charge in [-0.2, -0.15) is 4.98 Å². The predicted octanol–water partition coefficient (Wildman–Crippen LogP) is 2.87. The van der Waals surface area contributed by atoms with Crippen LogP contribution >= 0.6 is 15.6 Å². The number of hydrogen-bond donors (Lipinski definition) is 8. The highest BCUT2D eigenvalue weighted by atomic mass is 31.2. The fourth-order valence-corrected chi connectivity index (χ4v) is 10.6. The third kappa shape index (κ3) is 13.7. The highest BCUT2D eigenvalue weighted by Crippen LogP contribution is 2.50. The Kier molecular flexibility index (Phi) is 18.3. The van der Waals surface area contributed by atoms with E-state index in [-0.39, 0.29) is 77.6 Å². The molecule has 2 saturated heterocycles. The lowest BCUT2D eigenvalue weighted by Gasteiger charge is -2.23. The molecule has 27 nitrogen and oxygen atoms in total. The van der Waals surface area contributed by atoms with Crippen molar-refractivity contribution in [3.63, 3.8) is 0 Å². The summed E-state index contributed by atoms with van der Waals surface area (Å²) in [5.41, 5.74) is 12.2. The second kappa shape index (κ2) is 24.9. The molecule has 76 heavy (non-hydrogen) atoms. The van der Waals surface area contributed by atoms with Gasteiger partial charge in [0.1, 0.15) is 48.4 Å². The summed E-state index contributed by atoms with van der Waals surface area (Å²) in [5.74, 6) is -1.70. The fourth-order valence-electron chi connectivity index (χ4n) is 8.86. The van der Waals surface area contributed by atoms with Crippen LogP contribution in [0.25, 0.3) is 11.2 Å². The van der Waals surface area contributed by atoms with Crippen LogP contribution in [0.5, 0.6) is 0 Å². The van der Waals surface area contributed by atoms with Crippen molar-refractivity contribution in [1.29, 1.82) is 0 Å².